The average Bonchev–Trinajstić information content (AvgIpc) is 3.42. The summed E-state index contributed by atoms with van der Waals surface area (Å²) in [6.45, 7) is 3.85. The number of nitrogens with one attached hydrogen (secondary N) is 1. The Labute approximate surface area is 192 Å². The topological polar surface area (TPSA) is 94.3 Å². The minimum Gasteiger partial charge on any atom is -0.453 e. The van der Waals surface area contributed by atoms with Gasteiger partial charge in [0.05, 0.1) is 27.9 Å². The Kier molecular flexibility index (Phi) is 5.44. The van der Waals surface area contributed by atoms with Crippen LogP contribution in [0.2, 0.25) is 0 Å². The largest absolute Gasteiger partial charge is 0.453 e. The van der Waals surface area contributed by atoms with Gasteiger partial charge >= 0.3 is 5.97 Å². The van der Waals surface area contributed by atoms with E-state index >= 15 is 0 Å². The van der Waals surface area contributed by atoms with Crippen LogP contribution in [0.25, 0.3) is 10.2 Å². The number of carbonyl (C=O) groups is 2. The Hall–Kier alpha value is -3.17. The summed E-state index contributed by atoms with van der Waals surface area (Å²) in [5, 5.41) is 6.90. The van der Waals surface area contributed by atoms with E-state index in [0.717, 1.165) is 42.9 Å². The smallest absolute Gasteiger partial charge is 0.339 e. The first-order valence-electron chi connectivity index (χ1n) is 10.0. The number of aromatic nitrogens is 2. The molecule has 1 atom stereocenters. The van der Waals surface area contributed by atoms with Crippen LogP contribution in [0.15, 0.2) is 51.3 Å². The van der Waals surface area contributed by atoms with Gasteiger partial charge in [0.1, 0.15) is 11.9 Å². The number of anilines is 1. The lowest BCUT2D eigenvalue weighted by molar-refractivity contribution is -0.118. The summed E-state index contributed by atoms with van der Waals surface area (Å²) < 4.78 is 12.5. The van der Waals surface area contributed by atoms with Gasteiger partial charge in [0.2, 0.25) is 5.91 Å². The summed E-state index contributed by atoms with van der Waals surface area (Å²) in [6.07, 6.45) is -0.486. The van der Waals surface area contributed by atoms with Crippen LogP contribution >= 0.6 is 23.1 Å². The number of thioether (sulfide) groups is 1. The minimum absolute atomic E-state index is 0.0714. The van der Waals surface area contributed by atoms with Crippen molar-refractivity contribution in [2.75, 3.05) is 5.32 Å². The Balaban J connectivity index is 1.25. The number of benzene rings is 2. The van der Waals surface area contributed by atoms with Crippen LogP contribution < -0.4 is 5.32 Å². The molecule has 3 heterocycles. The van der Waals surface area contributed by atoms with Gasteiger partial charge in [-0.2, -0.15) is 0 Å². The predicted molar refractivity (Wildman–Crippen MR) is 123 cm³/mol. The van der Waals surface area contributed by atoms with Crippen LogP contribution in [0.3, 0.4) is 0 Å². The third kappa shape index (κ3) is 4.01. The second kappa shape index (κ2) is 8.40. The lowest BCUT2D eigenvalue weighted by Gasteiger charge is -2.11. The van der Waals surface area contributed by atoms with E-state index in [0.29, 0.717) is 11.3 Å². The molecule has 2 aromatic carbocycles. The maximum Gasteiger partial charge on any atom is 0.339 e. The molecule has 7 nitrogen and oxygen atoms in total. The maximum absolute atomic E-state index is 12.6. The number of hydrogen-bond donors (Lipinski definition) is 1. The Bertz CT molecular complexity index is 1320. The molecule has 1 aliphatic rings. The van der Waals surface area contributed by atoms with Crippen molar-refractivity contribution in [1.29, 1.82) is 0 Å². The van der Waals surface area contributed by atoms with E-state index in [-0.39, 0.29) is 18.3 Å². The number of thiazole rings is 1. The summed E-state index contributed by atoms with van der Waals surface area (Å²) in [6, 6.07) is 12.8. The van der Waals surface area contributed by atoms with Gasteiger partial charge < -0.3 is 14.6 Å². The van der Waals surface area contributed by atoms with Crippen molar-refractivity contribution < 1.29 is 18.8 Å². The monoisotopic (exact) mass is 465 g/mol. The highest BCUT2D eigenvalue weighted by Crippen LogP contribution is 2.35. The molecule has 2 aromatic heterocycles. The third-order valence-electron chi connectivity index (χ3n) is 5.32. The quantitative estimate of drug-likeness (QED) is 0.299. The Morgan fingerprint density at radius 1 is 1.22 bits per heavy atom. The fourth-order valence-electron chi connectivity index (χ4n) is 3.64. The van der Waals surface area contributed by atoms with Crippen LogP contribution in [-0.2, 0) is 15.3 Å². The zero-order valence-corrected chi connectivity index (χ0v) is 19.0. The molecule has 9 heteroatoms. The van der Waals surface area contributed by atoms with Gasteiger partial charge in [-0.3, -0.25) is 4.79 Å². The van der Waals surface area contributed by atoms with Crippen molar-refractivity contribution in [2.24, 2.45) is 0 Å². The molecule has 0 bridgehead atoms. The summed E-state index contributed by atoms with van der Waals surface area (Å²) in [5.41, 5.74) is 4.84. The molecule has 1 unspecified atom stereocenters. The molecule has 5 rings (SSSR count). The molecule has 0 radical (unpaired) electrons. The van der Waals surface area contributed by atoms with E-state index in [9.17, 15) is 9.59 Å². The first kappa shape index (κ1) is 20.7. The zero-order chi connectivity index (χ0) is 22.2. The van der Waals surface area contributed by atoms with E-state index in [1.165, 1.54) is 0 Å². The average molecular weight is 466 g/mol. The predicted octanol–water partition coefficient (Wildman–Crippen LogP) is 5.43. The standard InChI is InChI=1S/C23H19N3O4S2/c1-12-17(13(2)30-26-12)11-31-23-25-18-8-7-14(9-20(18)32-23)24-21(27)10-19-15-5-3-4-6-16(15)22(28)29-19/h3-9,19H,10-11H2,1-2H3,(H,24,27). The minimum atomic E-state index is -0.557. The van der Waals surface area contributed by atoms with E-state index in [2.05, 4.69) is 15.5 Å². The number of aryl methyl sites for hydroxylation is 2. The highest BCUT2D eigenvalue weighted by molar-refractivity contribution is 8.00. The highest BCUT2D eigenvalue weighted by Gasteiger charge is 2.32. The molecule has 0 saturated carbocycles. The lowest BCUT2D eigenvalue weighted by atomic mass is 10.0. The summed E-state index contributed by atoms with van der Waals surface area (Å²) in [5.74, 6) is 0.978. The van der Waals surface area contributed by atoms with Crippen LogP contribution in [0.5, 0.6) is 0 Å². The summed E-state index contributed by atoms with van der Waals surface area (Å²) in [7, 11) is 0. The normalized spacial score (nSPS) is 15.1. The lowest BCUT2D eigenvalue weighted by Crippen LogP contribution is -2.15. The molecule has 32 heavy (non-hydrogen) atoms. The molecule has 1 N–H and O–H groups in total. The van der Waals surface area contributed by atoms with Crippen LogP contribution in [0, 0.1) is 13.8 Å². The Morgan fingerprint density at radius 2 is 2.06 bits per heavy atom. The third-order valence-corrected chi connectivity index (χ3v) is 7.51. The fourth-order valence-corrected chi connectivity index (χ4v) is 5.90. The first-order chi connectivity index (χ1) is 15.5. The molecule has 4 aromatic rings. The summed E-state index contributed by atoms with van der Waals surface area (Å²) in [4.78, 5) is 29.2. The van der Waals surface area contributed by atoms with E-state index in [1.54, 1.807) is 35.2 Å². The Morgan fingerprint density at radius 3 is 2.88 bits per heavy atom. The number of ether oxygens (including phenoxy) is 1. The number of amides is 1. The van der Waals surface area contributed by atoms with Crippen LogP contribution in [0.4, 0.5) is 5.69 Å². The van der Waals surface area contributed by atoms with E-state index in [1.807, 2.05) is 44.2 Å². The van der Waals surface area contributed by atoms with Gasteiger partial charge in [0, 0.05) is 22.6 Å². The van der Waals surface area contributed by atoms with Crippen molar-refractivity contribution >= 4 is 50.9 Å². The number of rotatable bonds is 6. The number of fused-ring (bicyclic) bond motifs is 2. The number of cyclic esters (lactones) is 1. The van der Waals surface area contributed by atoms with Gasteiger partial charge in [0.15, 0.2) is 4.34 Å². The zero-order valence-electron chi connectivity index (χ0n) is 17.4. The molecule has 0 fully saturated rings. The van der Waals surface area contributed by atoms with Crippen molar-refractivity contribution in [1.82, 2.24) is 10.1 Å². The van der Waals surface area contributed by atoms with Crippen LogP contribution in [0.1, 0.15) is 45.5 Å². The molecule has 1 aliphatic heterocycles. The number of hydrogen-bond acceptors (Lipinski definition) is 8. The SMILES string of the molecule is Cc1noc(C)c1CSc1nc2ccc(NC(=O)CC3OC(=O)c4ccccc43)cc2s1. The van der Waals surface area contributed by atoms with Gasteiger partial charge in [0.25, 0.3) is 0 Å². The second-order valence-electron chi connectivity index (χ2n) is 7.49. The molecular formula is C23H19N3O4S2. The van der Waals surface area contributed by atoms with Gasteiger partial charge in [-0.25, -0.2) is 9.78 Å². The molecule has 0 saturated heterocycles. The second-order valence-corrected chi connectivity index (χ2v) is 9.74. The summed E-state index contributed by atoms with van der Waals surface area (Å²) >= 11 is 3.21. The van der Waals surface area contributed by atoms with Gasteiger partial charge in [-0.05, 0) is 38.1 Å². The molecular weight excluding hydrogens is 446 g/mol. The van der Waals surface area contributed by atoms with Crippen molar-refractivity contribution in [3.63, 3.8) is 0 Å². The van der Waals surface area contributed by atoms with Crippen molar-refractivity contribution in [3.8, 4) is 0 Å². The first-order valence-corrected chi connectivity index (χ1v) is 11.8. The van der Waals surface area contributed by atoms with Gasteiger partial charge in [-0.15, -0.1) is 11.3 Å². The number of carbonyl (C=O) groups excluding carboxylic acids is 2. The molecule has 0 aliphatic carbocycles. The van der Waals surface area contributed by atoms with E-state index in [4.69, 9.17) is 9.26 Å². The molecule has 0 spiro atoms. The maximum atomic E-state index is 12.6. The molecule has 162 valence electrons. The number of esters is 1. The van der Waals surface area contributed by atoms with Crippen molar-refractivity contribution in [2.45, 2.75) is 36.5 Å². The van der Waals surface area contributed by atoms with Crippen LogP contribution in [-0.4, -0.2) is 22.0 Å². The van der Waals surface area contributed by atoms with Gasteiger partial charge in [-0.1, -0.05) is 35.1 Å². The van der Waals surface area contributed by atoms with Crippen molar-refractivity contribution in [3.05, 3.63) is 70.6 Å². The highest BCUT2D eigenvalue weighted by atomic mass is 32.2. The fraction of sp³-hybridized carbons (Fsp3) is 0.217. The van der Waals surface area contributed by atoms with E-state index < -0.39 is 6.10 Å². The number of nitrogens with zero attached hydrogens (tertiary/aromatic N) is 2. The molecule has 1 amide bonds.